The van der Waals surface area contributed by atoms with Gasteiger partial charge in [-0.2, -0.15) is 0 Å². The topological polar surface area (TPSA) is 156 Å². The summed E-state index contributed by atoms with van der Waals surface area (Å²) in [5, 5.41) is 13.0. The highest BCUT2D eigenvalue weighted by Crippen LogP contribution is 2.41. The number of hydrogen-bond donors (Lipinski definition) is 3. The van der Waals surface area contributed by atoms with E-state index >= 15 is 0 Å². The van der Waals surface area contributed by atoms with Crippen LogP contribution in [0.2, 0.25) is 5.02 Å². The van der Waals surface area contributed by atoms with Gasteiger partial charge in [0.05, 0.1) is 30.4 Å². The van der Waals surface area contributed by atoms with Gasteiger partial charge in [0.25, 0.3) is 5.91 Å². The van der Waals surface area contributed by atoms with Crippen LogP contribution in [-0.2, 0) is 28.8 Å². The van der Waals surface area contributed by atoms with E-state index in [9.17, 15) is 24.0 Å². The number of likely N-dealkylation sites (N-methyl/N-ethyl adjacent to an activating group) is 1. The number of likely N-dealkylation sites (tertiary alicyclic amines) is 1. The summed E-state index contributed by atoms with van der Waals surface area (Å²) in [6.07, 6.45) is 8.02. The number of oxime groups is 1. The Balaban J connectivity index is 1.63. The molecular formula is C37H54ClN5O7. The number of hydrogen-bond acceptors (Lipinski definition) is 8. The van der Waals surface area contributed by atoms with Gasteiger partial charge in [-0.15, -0.1) is 0 Å². The molecule has 2 heterocycles. The second kappa shape index (κ2) is 16.6. The molecule has 0 bridgehead atoms. The molecule has 1 aromatic carbocycles. The number of benzene rings is 1. The van der Waals surface area contributed by atoms with E-state index in [1.54, 1.807) is 13.2 Å². The zero-order valence-corrected chi connectivity index (χ0v) is 31.3. The van der Waals surface area contributed by atoms with Crippen LogP contribution < -0.4 is 20.7 Å². The summed E-state index contributed by atoms with van der Waals surface area (Å²) < 4.78 is 5.36. The molecule has 4 amide bonds. The first-order valence-electron chi connectivity index (χ1n) is 17.9. The molecule has 1 saturated heterocycles. The van der Waals surface area contributed by atoms with Crippen LogP contribution in [0.1, 0.15) is 109 Å². The molecule has 1 saturated carbocycles. The maximum absolute atomic E-state index is 14.6. The third-order valence-electron chi connectivity index (χ3n) is 10.2. The molecule has 276 valence electrons. The predicted octanol–water partition coefficient (Wildman–Crippen LogP) is 4.61. The number of methoxy groups -OCH3 is 1. The van der Waals surface area contributed by atoms with Crippen LogP contribution in [0.5, 0.6) is 5.75 Å². The van der Waals surface area contributed by atoms with Gasteiger partial charge in [0, 0.05) is 31.9 Å². The van der Waals surface area contributed by atoms with E-state index in [2.05, 4.69) is 21.1 Å². The van der Waals surface area contributed by atoms with Gasteiger partial charge in [-0.05, 0) is 55.2 Å². The van der Waals surface area contributed by atoms with Crippen LogP contribution in [0.3, 0.4) is 0 Å². The number of nitrogens with one attached hydrogen (secondary N) is 3. The molecule has 0 radical (unpaired) electrons. The SMILES string of the molecule is CCC[C@H](NC(=O)[C@@H]1C[C@]2(CC(c3cc(Cl)c(OC)cc3C)=NO2)CN1C(=O)[C@@H](NC(=O)CC1CCCCCC1)C(C)(C)C)C(=O)C(=O)NC. The van der Waals surface area contributed by atoms with Crippen LogP contribution in [0.4, 0.5) is 0 Å². The van der Waals surface area contributed by atoms with Gasteiger partial charge >= 0.3 is 0 Å². The summed E-state index contributed by atoms with van der Waals surface area (Å²) in [4.78, 5) is 74.9. The summed E-state index contributed by atoms with van der Waals surface area (Å²) in [6, 6.07) is 0.513. The Labute approximate surface area is 300 Å². The number of rotatable bonds is 12. The Hall–Kier alpha value is -3.67. The molecule has 13 heteroatoms. The van der Waals surface area contributed by atoms with Gasteiger partial charge in [0.2, 0.25) is 23.5 Å². The normalized spacial score (nSPS) is 22.2. The average Bonchev–Trinajstić information content (AvgIpc) is 3.56. The van der Waals surface area contributed by atoms with Gasteiger partial charge in [0.15, 0.2) is 5.60 Å². The lowest BCUT2D eigenvalue weighted by Gasteiger charge is -2.36. The second-order valence-corrected chi connectivity index (χ2v) is 15.6. The van der Waals surface area contributed by atoms with E-state index in [0.717, 1.165) is 36.8 Å². The molecule has 3 N–H and O–H groups in total. The molecular weight excluding hydrogens is 662 g/mol. The van der Waals surface area contributed by atoms with Crippen molar-refractivity contribution >= 4 is 46.7 Å². The van der Waals surface area contributed by atoms with Crippen molar-refractivity contribution in [2.45, 2.75) is 129 Å². The van der Waals surface area contributed by atoms with Crippen LogP contribution in [0.25, 0.3) is 0 Å². The Kier molecular flexibility index (Phi) is 13.0. The number of carbonyl (C=O) groups is 5. The van der Waals surface area contributed by atoms with Gasteiger partial charge < -0.3 is 30.4 Å². The van der Waals surface area contributed by atoms with Crippen molar-refractivity contribution in [2.75, 3.05) is 20.7 Å². The lowest BCUT2D eigenvalue weighted by molar-refractivity contribution is -0.145. The Morgan fingerprint density at radius 1 is 1.10 bits per heavy atom. The zero-order valence-electron chi connectivity index (χ0n) is 30.6. The monoisotopic (exact) mass is 715 g/mol. The molecule has 4 atom stereocenters. The largest absolute Gasteiger partial charge is 0.495 e. The number of halogens is 1. The predicted molar refractivity (Wildman–Crippen MR) is 191 cm³/mol. The van der Waals surface area contributed by atoms with Crippen molar-refractivity contribution in [3.05, 3.63) is 28.3 Å². The maximum Gasteiger partial charge on any atom is 0.289 e. The Morgan fingerprint density at radius 2 is 1.78 bits per heavy atom. The highest BCUT2D eigenvalue weighted by molar-refractivity contribution is 6.38. The minimum atomic E-state index is -1.07. The second-order valence-electron chi connectivity index (χ2n) is 15.2. The van der Waals surface area contributed by atoms with Crippen LogP contribution in [-0.4, -0.2) is 84.5 Å². The standard InChI is InChI=1S/C37H54ClN5O7/c1-8-13-26(31(45)34(47)39-6)40-33(46)28-20-37(19-27(42-50-37)24-18-25(38)29(49-7)16-22(24)2)21-43(28)35(48)32(36(3,4)5)41-30(44)17-23-14-11-9-10-12-15-23/h16,18,23,26,28,32H,8-15,17,19-21H2,1-7H3,(H,39,47)(H,40,46)(H,41,44)/t26-,28-,32+,37+/m0/s1. The summed E-state index contributed by atoms with van der Waals surface area (Å²) in [6.45, 7) is 9.42. The molecule has 2 fully saturated rings. The van der Waals surface area contributed by atoms with Crippen molar-refractivity contribution in [3.63, 3.8) is 0 Å². The van der Waals surface area contributed by atoms with E-state index in [4.69, 9.17) is 21.2 Å². The number of Topliss-reactive ketones (excluding diaryl/α,β-unsaturated/α-hetero) is 1. The number of nitrogens with zero attached hydrogens (tertiary/aromatic N) is 2. The zero-order chi connectivity index (χ0) is 36.8. The highest BCUT2D eigenvalue weighted by atomic mass is 35.5. The molecule has 12 nitrogen and oxygen atoms in total. The number of ether oxygens (including phenoxy) is 1. The highest BCUT2D eigenvalue weighted by Gasteiger charge is 2.55. The maximum atomic E-state index is 14.6. The first-order chi connectivity index (χ1) is 23.6. The summed E-state index contributed by atoms with van der Waals surface area (Å²) >= 11 is 6.46. The fraction of sp³-hybridized carbons (Fsp3) is 0.676. The van der Waals surface area contributed by atoms with E-state index in [1.807, 2.05) is 40.7 Å². The lowest BCUT2D eigenvalue weighted by Crippen LogP contribution is -2.59. The van der Waals surface area contributed by atoms with E-state index in [-0.39, 0.29) is 37.6 Å². The third kappa shape index (κ3) is 9.16. The van der Waals surface area contributed by atoms with Crippen LogP contribution >= 0.6 is 11.6 Å². The smallest absolute Gasteiger partial charge is 0.289 e. The molecule has 1 aliphatic carbocycles. The molecule has 3 aliphatic rings. The van der Waals surface area contributed by atoms with Gasteiger partial charge in [-0.25, -0.2) is 0 Å². The first-order valence-corrected chi connectivity index (χ1v) is 18.3. The molecule has 2 aliphatic heterocycles. The third-order valence-corrected chi connectivity index (χ3v) is 10.5. The van der Waals surface area contributed by atoms with Gasteiger partial charge in [-0.3, -0.25) is 24.0 Å². The molecule has 4 rings (SSSR count). The Bertz CT molecular complexity index is 1480. The van der Waals surface area contributed by atoms with Crippen molar-refractivity contribution < 1.29 is 33.5 Å². The average molecular weight is 716 g/mol. The number of aryl methyl sites for hydroxylation is 1. The minimum absolute atomic E-state index is 0.0206. The van der Waals surface area contributed by atoms with Gasteiger partial charge in [-0.1, -0.05) is 76.6 Å². The molecule has 50 heavy (non-hydrogen) atoms. The first kappa shape index (κ1) is 39.1. The Morgan fingerprint density at radius 3 is 2.38 bits per heavy atom. The van der Waals surface area contributed by atoms with E-state index < -0.39 is 52.6 Å². The van der Waals surface area contributed by atoms with Gasteiger partial charge in [0.1, 0.15) is 17.8 Å². The summed E-state index contributed by atoms with van der Waals surface area (Å²) in [5.74, 6) is -1.96. The molecule has 1 spiro atoms. The fourth-order valence-electron chi connectivity index (χ4n) is 7.37. The summed E-state index contributed by atoms with van der Waals surface area (Å²) in [7, 11) is 2.90. The van der Waals surface area contributed by atoms with Crippen LogP contribution in [0, 0.1) is 18.3 Å². The number of ketones is 1. The van der Waals surface area contributed by atoms with E-state index in [0.29, 0.717) is 29.3 Å². The number of amides is 4. The fourth-order valence-corrected chi connectivity index (χ4v) is 7.61. The quantitative estimate of drug-likeness (QED) is 0.211. The molecule has 0 unspecified atom stereocenters. The molecule has 0 aromatic heterocycles. The van der Waals surface area contributed by atoms with Crippen LogP contribution in [0.15, 0.2) is 17.3 Å². The number of carbonyl (C=O) groups excluding carboxylic acids is 5. The van der Waals surface area contributed by atoms with E-state index in [1.165, 1.54) is 24.8 Å². The summed E-state index contributed by atoms with van der Waals surface area (Å²) in [5.41, 5.74) is 0.496. The molecule has 1 aromatic rings. The van der Waals surface area contributed by atoms with Crippen molar-refractivity contribution in [1.29, 1.82) is 0 Å². The van der Waals surface area contributed by atoms with Crippen molar-refractivity contribution in [1.82, 2.24) is 20.9 Å². The van der Waals surface area contributed by atoms with Crippen molar-refractivity contribution in [2.24, 2.45) is 16.5 Å². The minimum Gasteiger partial charge on any atom is -0.495 e. The lowest BCUT2D eigenvalue weighted by atomic mass is 9.85. The van der Waals surface area contributed by atoms with Crippen molar-refractivity contribution in [3.8, 4) is 5.75 Å².